The standard InChI is InChI=1S/C17H19FN4O2/c18-15-6-2-1-4-12(15)9-19-17(24)13-5-3-7-22(11-13)14-8-16(23)21-20-10-14/h1-2,4,6,8,10,13H,3,5,7,9,11H2,(H,19,24)(H,21,23). The van der Waals surface area contributed by atoms with E-state index in [-0.39, 0.29) is 29.7 Å². The van der Waals surface area contributed by atoms with Crippen LogP contribution in [0.3, 0.4) is 0 Å². The summed E-state index contributed by atoms with van der Waals surface area (Å²) >= 11 is 0. The first-order valence-corrected chi connectivity index (χ1v) is 7.94. The maximum Gasteiger partial charge on any atom is 0.266 e. The van der Waals surface area contributed by atoms with Crippen LogP contribution in [0.5, 0.6) is 0 Å². The van der Waals surface area contributed by atoms with E-state index in [1.807, 2.05) is 4.90 Å². The molecule has 7 heteroatoms. The molecule has 1 aliphatic heterocycles. The molecule has 3 rings (SSSR count). The number of hydrogen-bond donors (Lipinski definition) is 2. The SMILES string of the molecule is O=C(NCc1ccccc1F)C1CCCN(c2cn[nH]c(=O)c2)C1. The summed E-state index contributed by atoms with van der Waals surface area (Å²) in [5, 5.41) is 8.94. The molecule has 1 atom stereocenters. The van der Waals surface area contributed by atoms with Crippen LogP contribution in [0.1, 0.15) is 18.4 Å². The number of piperidine rings is 1. The van der Waals surface area contributed by atoms with Gasteiger partial charge in [0, 0.05) is 31.3 Å². The molecule has 1 amide bonds. The van der Waals surface area contributed by atoms with E-state index in [0.29, 0.717) is 17.8 Å². The third kappa shape index (κ3) is 3.79. The molecule has 126 valence electrons. The normalized spacial score (nSPS) is 17.5. The largest absolute Gasteiger partial charge is 0.369 e. The summed E-state index contributed by atoms with van der Waals surface area (Å²) in [6.45, 7) is 1.48. The zero-order valence-electron chi connectivity index (χ0n) is 13.2. The van der Waals surface area contributed by atoms with Crippen LogP contribution >= 0.6 is 0 Å². The summed E-state index contributed by atoms with van der Waals surface area (Å²) in [5.41, 5.74) is 0.918. The van der Waals surface area contributed by atoms with Crippen molar-refractivity contribution in [3.8, 4) is 0 Å². The molecule has 0 bridgehead atoms. The van der Waals surface area contributed by atoms with Gasteiger partial charge in [0.05, 0.1) is 17.8 Å². The fourth-order valence-electron chi connectivity index (χ4n) is 2.93. The molecule has 0 spiro atoms. The summed E-state index contributed by atoms with van der Waals surface area (Å²) in [4.78, 5) is 25.7. The Bertz CT molecular complexity index is 777. The van der Waals surface area contributed by atoms with Crippen LogP contribution in [0, 0.1) is 11.7 Å². The topological polar surface area (TPSA) is 78.1 Å². The van der Waals surface area contributed by atoms with Crippen molar-refractivity contribution in [3.63, 3.8) is 0 Å². The number of rotatable bonds is 4. The Morgan fingerprint density at radius 2 is 2.25 bits per heavy atom. The lowest BCUT2D eigenvalue weighted by atomic mass is 9.96. The summed E-state index contributed by atoms with van der Waals surface area (Å²) in [6.07, 6.45) is 3.21. The van der Waals surface area contributed by atoms with E-state index < -0.39 is 0 Å². The van der Waals surface area contributed by atoms with E-state index in [1.54, 1.807) is 24.4 Å². The van der Waals surface area contributed by atoms with E-state index in [0.717, 1.165) is 19.4 Å². The van der Waals surface area contributed by atoms with Gasteiger partial charge in [-0.3, -0.25) is 9.59 Å². The Labute approximate surface area is 138 Å². The van der Waals surface area contributed by atoms with Gasteiger partial charge in [-0.1, -0.05) is 18.2 Å². The van der Waals surface area contributed by atoms with Gasteiger partial charge in [0.1, 0.15) is 5.82 Å². The van der Waals surface area contributed by atoms with Crippen LogP contribution in [0.25, 0.3) is 0 Å². The number of benzene rings is 1. The van der Waals surface area contributed by atoms with Crippen molar-refractivity contribution in [2.75, 3.05) is 18.0 Å². The molecule has 0 aliphatic carbocycles. The highest BCUT2D eigenvalue weighted by Crippen LogP contribution is 2.21. The smallest absolute Gasteiger partial charge is 0.266 e. The van der Waals surface area contributed by atoms with Crippen LogP contribution in [-0.2, 0) is 11.3 Å². The molecule has 2 N–H and O–H groups in total. The molecule has 2 aromatic rings. The second-order valence-electron chi connectivity index (χ2n) is 5.90. The number of halogens is 1. The Morgan fingerprint density at radius 1 is 1.42 bits per heavy atom. The lowest BCUT2D eigenvalue weighted by Crippen LogP contribution is -2.43. The van der Waals surface area contributed by atoms with Crippen molar-refractivity contribution in [1.29, 1.82) is 0 Å². The first kappa shape index (κ1) is 16.2. The van der Waals surface area contributed by atoms with Gasteiger partial charge >= 0.3 is 0 Å². The van der Waals surface area contributed by atoms with Gasteiger partial charge in [0.15, 0.2) is 0 Å². The number of carbonyl (C=O) groups is 1. The molecule has 6 nitrogen and oxygen atoms in total. The molecule has 24 heavy (non-hydrogen) atoms. The minimum Gasteiger partial charge on any atom is -0.369 e. The molecule has 0 radical (unpaired) electrons. The molecule has 1 aromatic carbocycles. The number of H-pyrrole nitrogens is 1. The van der Waals surface area contributed by atoms with Gasteiger partial charge in [0.25, 0.3) is 5.56 Å². The third-order valence-corrected chi connectivity index (χ3v) is 4.22. The van der Waals surface area contributed by atoms with Crippen molar-refractivity contribution < 1.29 is 9.18 Å². The highest BCUT2D eigenvalue weighted by atomic mass is 19.1. The molecular formula is C17H19FN4O2. The third-order valence-electron chi connectivity index (χ3n) is 4.22. The van der Waals surface area contributed by atoms with Crippen molar-refractivity contribution in [3.05, 3.63) is 58.3 Å². The minimum atomic E-state index is -0.322. The first-order chi connectivity index (χ1) is 11.6. The molecule has 1 unspecified atom stereocenters. The van der Waals surface area contributed by atoms with Gasteiger partial charge in [-0.05, 0) is 18.9 Å². The highest BCUT2D eigenvalue weighted by molar-refractivity contribution is 5.79. The van der Waals surface area contributed by atoms with Crippen LogP contribution in [-0.4, -0.2) is 29.2 Å². The lowest BCUT2D eigenvalue weighted by Gasteiger charge is -2.33. The minimum absolute atomic E-state index is 0.0965. The average Bonchev–Trinajstić information content (AvgIpc) is 2.61. The van der Waals surface area contributed by atoms with Gasteiger partial charge < -0.3 is 10.2 Å². The summed E-state index contributed by atoms with van der Waals surface area (Å²) in [5.74, 6) is -0.608. The van der Waals surface area contributed by atoms with Crippen molar-refractivity contribution in [2.45, 2.75) is 19.4 Å². The molecule has 0 saturated carbocycles. The number of anilines is 1. The fourth-order valence-corrected chi connectivity index (χ4v) is 2.93. The van der Waals surface area contributed by atoms with Crippen LogP contribution < -0.4 is 15.8 Å². The first-order valence-electron chi connectivity index (χ1n) is 7.94. The summed E-state index contributed by atoms with van der Waals surface area (Å²) in [7, 11) is 0. The maximum atomic E-state index is 13.6. The van der Waals surface area contributed by atoms with Crippen LogP contribution in [0.4, 0.5) is 10.1 Å². The Morgan fingerprint density at radius 3 is 3.04 bits per heavy atom. The fraction of sp³-hybridized carbons (Fsp3) is 0.353. The van der Waals surface area contributed by atoms with Gasteiger partial charge in [-0.2, -0.15) is 5.10 Å². The number of nitrogens with one attached hydrogen (secondary N) is 2. The van der Waals surface area contributed by atoms with Gasteiger partial charge in [0.2, 0.25) is 5.91 Å². The molecule has 1 aromatic heterocycles. The van der Waals surface area contributed by atoms with Crippen molar-refractivity contribution >= 4 is 11.6 Å². The molecule has 1 fully saturated rings. The van der Waals surface area contributed by atoms with Gasteiger partial charge in [-0.15, -0.1) is 0 Å². The van der Waals surface area contributed by atoms with E-state index >= 15 is 0 Å². The monoisotopic (exact) mass is 330 g/mol. The Balaban J connectivity index is 1.61. The number of hydrogen-bond acceptors (Lipinski definition) is 4. The second kappa shape index (κ2) is 7.25. The zero-order valence-corrected chi connectivity index (χ0v) is 13.2. The molecular weight excluding hydrogens is 311 g/mol. The summed E-state index contributed by atoms with van der Waals surface area (Å²) in [6, 6.07) is 7.88. The predicted octanol–water partition coefficient (Wildman–Crippen LogP) is 1.44. The maximum absolute atomic E-state index is 13.6. The Kier molecular flexibility index (Phi) is 4.88. The van der Waals surface area contributed by atoms with Crippen molar-refractivity contribution in [2.24, 2.45) is 5.92 Å². The number of carbonyl (C=O) groups excluding carboxylic acids is 1. The number of aromatic amines is 1. The Hall–Kier alpha value is -2.70. The molecule has 1 aliphatic rings. The number of nitrogens with zero attached hydrogens (tertiary/aromatic N) is 2. The van der Waals surface area contributed by atoms with E-state index in [4.69, 9.17) is 0 Å². The molecule has 2 heterocycles. The number of aromatic nitrogens is 2. The highest BCUT2D eigenvalue weighted by Gasteiger charge is 2.26. The second-order valence-corrected chi connectivity index (χ2v) is 5.90. The van der Waals surface area contributed by atoms with Crippen LogP contribution in [0.2, 0.25) is 0 Å². The van der Waals surface area contributed by atoms with E-state index in [1.165, 1.54) is 12.1 Å². The predicted molar refractivity (Wildman–Crippen MR) is 88.0 cm³/mol. The van der Waals surface area contributed by atoms with Crippen LogP contribution in [0.15, 0.2) is 41.3 Å². The zero-order chi connectivity index (χ0) is 16.9. The quantitative estimate of drug-likeness (QED) is 0.889. The molecule has 1 saturated heterocycles. The van der Waals surface area contributed by atoms with Crippen molar-refractivity contribution in [1.82, 2.24) is 15.5 Å². The summed E-state index contributed by atoms with van der Waals surface area (Å²) < 4.78 is 13.6. The number of amides is 1. The van der Waals surface area contributed by atoms with E-state index in [9.17, 15) is 14.0 Å². The van der Waals surface area contributed by atoms with E-state index in [2.05, 4.69) is 15.5 Å². The van der Waals surface area contributed by atoms with Gasteiger partial charge in [-0.25, -0.2) is 9.49 Å². The lowest BCUT2D eigenvalue weighted by molar-refractivity contribution is -0.125. The average molecular weight is 330 g/mol.